The van der Waals surface area contributed by atoms with Crippen LogP contribution in [0.5, 0.6) is 0 Å². The summed E-state index contributed by atoms with van der Waals surface area (Å²) >= 11 is 0. The maximum atomic E-state index is 13.8. The molecule has 1 fully saturated rings. The number of fused-ring (bicyclic) bond motifs is 2. The molecule has 0 radical (unpaired) electrons. The number of carbonyl (C=O) groups excluding carboxylic acids is 3. The minimum absolute atomic E-state index is 0.0302. The zero-order valence-electron chi connectivity index (χ0n) is 23.4. The maximum Gasteiger partial charge on any atom is 0.491 e. The minimum atomic E-state index is -1.15. The number of benzene rings is 2. The summed E-state index contributed by atoms with van der Waals surface area (Å²) in [4.78, 5) is 53.4. The van der Waals surface area contributed by atoms with E-state index in [4.69, 9.17) is 9.31 Å². The van der Waals surface area contributed by atoms with Crippen molar-refractivity contribution in [1.82, 2.24) is 15.5 Å². The van der Waals surface area contributed by atoms with Crippen molar-refractivity contribution in [3.05, 3.63) is 58.7 Å². The van der Waals surface area contributed by atoms with E-state index in [2.05, 4.69) is 10.6 Å². The van der Waals surface area contributed by atoms with Crippen molar-refractivity contribution in [2.24, 2.45) is 5.92 Å². The molecule has 12 nitrogen and oxygen atoms in total. The second kappa shape index (κ2) is 12.3. The number of nitrogens with zero attached hydrogens (tertiary/aromatic N) is 1. The summed E-state index contributed by atoms with van der Waals surface area (Å²) in [7, 11) is -2.26. The standard InChI is InChI=1S/C28H33B2N3O9/c1-3-15(2)23(11-25(34)35)32-27(37)24-10-20(31-26(36)16-4-6-18-13-41-29(39)21(18)8-16)12-33(24)28(38)17-5-7-19-14-42-30(40)22(19)9-17/h4-9,15,20,23-24,39-40H,3,10-14H2,1-2H3,(H,31,36)(H,32,37)(H,34,35)/t15-,20+,23+,24-/m0/s1. The molecule has 5 rings (SSSR count). The molecule has 220 valence electrons. The third-order valence-corrected chi connectivity index (χ3v) is 8.38. The summed E-state index contributed by atoms with van der Waals surface area (Å²) in [5.74, 6) is -2.58. The van der Waals surface area contributed by atoms with E-state index in [0.717, 1.165) is 11.1 Å². The highest BCUT2D eigenvalue weighted by Gasteiger charge is 2.42. The first-order valence-corrected chi connectivity index (χ1v) is 14.0. The number of hydrogen-bond donors (Lipinski definition) is 5. The fraction of sp³-hybridized carbons (Fsp3) is 0.429. The van der Waals surface area contributed by atoms with Crippen molar-refractivity contribution < 1.29 is 43.6 Å². The van der Waals surface area contributed by atoms with Crippen molar-refractivity contribution in [2.75, 3.05) is 6.54 Å². The zero-order valence-corrected chi connectivity index (χ0v) is 23.4. The molecule has 0 saturated carbocycles. The van der Waals surface area contributed by atoms with E-state index < -0.39 is 56.1 Å². The smallest absolute Gasteiger partial charge is 0.481 e. The molecule has 2 aromatic carbocycles. The highest BCUT2D eigenvalue weighted by Crippen LogP contribution is 2.24. The van der Waals surface area contributed by atoms with Crippen LogP contribution in [0.25, 0.3) is 0 Å². The minimum Gasteiger partial charge on any atom is -0.481 e. The summed E-state index contributed by atoms with van der Waals surface area (Å²) in [5, 5.41) is 35.3. The molecule has 1 saturated heterocycles. The van der Waals surface area contributed by atoms with E-state index in [1.165, 1.54) is 4.90 Å². The van der Waals surface area contributed by atoms with Gasteiger partial charge in [-0.2, -0.15) is 0 Å². The Balaban J connectivity index is 1.38. The Morgan fingerprint density at radius 2 is 1.60 bits per heavy atom. The van der Waals surface area contributed by atoms with Gasteiger partial charge in [0, 0.05) is 29.8 Å². The molecule has 0 spiro atoms. The van der Waals surface area contributed by atoms with Crippen LogP contribution in [0.2, 0.25) is 0 Å². The maximum absolute atomic E-state index is 13.8. The lowest BCUT2D eigenvalue weighted by molar-refractivity contribution is -0.138. The van der Waals surface area contributed by atoms with Crippen LogP contribution in [0.3, 0.4) is 0 Å². The monoisotopic (exact) mass is 577 g/mol. The van der Waals surface area contributed by atoms with Gasteiger partial charge in [0.2, 0.25) is 5.91 Å². The molecule has 2 aromatic rings. The number of carboxylic acids is 1. The van der Waals surface area contributed by atoms with Crippen LogP contribution in [-0.4, -0.2) is 82.7 Å². The van der Waals surface area contributed by atoms with Gasteiger partial charge in [-0.15, -0.1) is 0 Å². The van der Waals surface area contributed by atoms with Crippen LogP contribution < -0.4 is 21.6 Å². The van der Waals surface area contributed by atoms with Crippen molar-refractivity contribution >= 4 is 48.9 Å². The molecule has 0 aromatic heterocycles. The SMILES string of the molecule is CC[C@H](C)[C@@H](CC(=O)O)NC(=O)[C@@H]1C[C@@H](NC(=O)c2ccc3c(c2)B(O)OC3)CN1C(=O)c1ccc2c(c1)B(O)OC2. The first-order valence-electron chi connectivity index (χ1n) is 14.0. The van der Waals surface area contributed by atoms with E-state index in [9.17, 15) is 34.3 Å². The van der Waals surface area contributed by atoms with Gasteiger partial charge in [-0.3, -0.25) is 19.2 Å². The molecule has 3 amide bonds. The van der Waals surface area contributed by atoms with E-state index in [0.29, 0.717) is 22.9 Å². The molecule has 0 aliphatic carbocycles. The summed E-state index contributed by atoms with van der Waals surface area (Å²) < 4.78 is 10.4. The molecular formula is C28H33B2N3O9. The zero-order chi connectivity index (χ0) is 30.1. The van der Waals surface area contributed by atoms with Gasteiger partial charge >= 0.3 is 20.2 Å². The van der Waals surface area contributed by atoms with Gasteiger partial charge in [-0.25, -0.2) is 0 Å². The Morgan fingerprint density at radius 1 is 1.00 bits per heavy atom. The largest absolute Gasteiger partial charge is 0.491 e. The second-order valence-corrected chi connectivity index (χ2v) is 11.1. The lowest BCUT2D eigenvalue weighted by Crippen LogP contribution is -2.50. The summed E-state index contributed by atoms with van der Waals surface area (Å²) in [6, 6.07) is 7.53. The summed E-state index contributed by atoms with van der Waals surface area (Å²) in [5.41, 5.74) is 3.09. The second-order valence-electron chi connectivity index (χ2n) is 11.1. The molecule has 42 heavy (non-hydrogen) atoms. The molecule has 5 N–H and O–H groups in total. The van der Waals surface area contributed by atoms with E-state index in [-0.39, 0.29) is 44.1 Å². The Hall–Kier alpha value is -3.71. The Morgan fingerprint density at radius 3 is 2.19 bits per heavy atom. The molecule has 0 unspecified atom stereocenters. The van der Waals surface area contributed by atoms with Crippen LogP contribution >= 0.6 is 0 Å². The van der Waals surface area contributed by atoms with Crippen LogP contribution in [0.4, 0.5) is 0 Å². The normalized spacial score (nSPS) is 20.6. The number of amides is 3. The number of carbonyl (C=O) groups is 4. The molecular weight excluding hydrogens is 544 g/mol. The first kappa shape index (κ1) is 29.8. The number of nitrogens with one attached hydrogen (secondary N) is 2. The fourth-order valence-corrected chi connectivity index (χ4v) is 5.70. The topological polar surface area (TPSA) is 175 Å². The molecule has 14 heteroatoms. The van der Waals surface area contributed by atoms with Crippen LogP contribution in [0, 0.1) is 5.92 Å². The van der Waals surface area contributed by atoms with E-state index in [1.54, 1.807) is 36.4 Å². The Kier molecular flexibility index (Phi) is 8.69. The van der Waals surface area contributed by atoms with Crippen molar-refractivity contribution in [2.45, 2.75) is 64.4 Å². The van der Waals surface area contributed by atoms with Gasteiger partial charge in [0.15, 0.2) is 0 Å². The van der Waals surface area contributed by atoms with Gasteiger partial charge in [0.1, 0.15) is 6.04 Å². The third-order valence-electron chi connectivity index (χ3n) is 8.38. The van der Waals surface area contributed by atoms with Gasteiger partial charge in [-0.05, 0) is 58.7 Å². The Labute approximate surface area is 243 Å². The number of aliphatic carboxylic acids is 1. The van der Waals surface area contributed by atoms with E-state index >= 15 is 0 Å². The van der Waals surface area contributed by atoms with Gasteiger partial charge < -0.3 is 40.0 Å². The summed E-state index contributed by atoms with van der Waals surface area (Å²) in [6.07, 6.45) is 0.486. The molecule has 4 atom stereocenters. The number of likely N-dealkylation sites (tertiary alicyclic amines) is 1. The highest BCUT2D eigenvalue weighted by atomic mass is 16.5. The highest BCUT2D eigenvalue weighted by molar-refractivity contribution is 6.62. The molecule has 3 aliphatic rings. The number of hydrogen-bond acceptors (Lipinski definition) is 8. The molecule has 0 bridgehead atoms. The lowest BCUT2D eigenvalue weighted by atomic mass is 9.78. The van der Waals surface area contributed by atoms with Crippen molar-refractivity contribution in [1.29, 1.82) is 0 Å². The van der Waals surface area contributed by atoms with Crippen LogP contribution in [-0.2, 0) is 32.1 Å². The fourth-order valence-electron chi connectivity index (χ4n) is 5.70. The van der Waals surface area contributed by atoms with Crippen LogP contribution in [0.15, 0.2) is 36.4 Å². The average molecular weight is 577 g/mol. The number of rotatable bonds is 9. The third kappa shape index (κ3) is 6.07. The van der Waals surface area contributed by atoms with Crippen molar-refractivity contribution in [3.63, 3.8) is 0 Å². The average Bonchev–Trinajstić information content (AvgIpc) is 3.68. The van der Waals surface area contributed by atoms with Gasteiger partial charge in [0.05, 0.1) is 19.6 Å². The molecule has 3 heterocycles. The number of carboxylic acid groups (broad SMARTS) is 1. The van der Waals surface area contributed by atoms with Crippen LogP contribution in [0.1, 0.15) is 65.0 Å². The van der Waals surface area contributed by atoms with E-state index in [1.807, 2.05) is 13.8 Å². The quantitative estimate of drug-likeness (QED) is 0.238. The predicted octanol–water partition coefficient (Wildman–Crippen LogP) is -0.859. The Bertz CT molecular complexity index is 1410. The van der Waals surface area contributed by atoms with Gasteiger partial charge in [0.25, 0.3) is 11.8 Å². The predicted molar refractivity (Wildman–Crippen MR) is 152 cm³/mol. The summed E-state index contributed by atoms with van der Waals surface area (Å²) in [6.45, 7) is 4.26. The first-order chi connectivity index (χ1) is 20.0. The molecule has 3 aliphatic heterocycles. The van der Waals surface area contributed by atoms with Gasteiger partial charge in [-0.1, -0.05) is 32.4 Å². The van der Waals surface area contributed by atoms with Crippen molar-refractivity contribution in [3.8, 4) is 0 Å². The lowest BCUT2D eigenvalue weighted by Gasteiger charge is -2.28.